The number of nitrogens with one attached hydrogen (secondary N) is 2. The number of amides is 1. The van der Waals surface area contributed by atoms with Crippen LogP contribution in [0.3, 0.4) is 0 Å². The van der Waals surface area contributed by atoms with Crippen LogP contribution in [0.1, 0.15) is 17.5 Å². The summed E-state index contributed by atoms with van der Waals surface area (Å²) in [6.07, 6.45) is 0.376. The van der Waals surface area contributed by atoms with E-state index >= 15 is 0 Å². The molecule has 3 nitrogen and oxygen atoms in total. The van der Waals surface area contributed by atoms with Gasteiger partial charge in [0.2, 0.25) is 5.91 Å². The Morgan fingerprint density at radius 1 is 1.18 bits per heavy atom. The molecule has 0 bridgehead atoms. The first-order chi connectivity index (χ1) is 10.5. The third-order valence-corrected chi connectivity index (χ3v) is 3.83. The van der Waals surface area contributed by atoms with Crippen LogP contribution < -0.4 is 10.6 Å². The fraction of sp³-hybridized carbons (Fsp3) is 0.235. The Bertz CT molecular complexity index is 644. The second-order valence-corrected chi connectivity index (χ2v) is 5.94. The molecule has 0 spiro atoms. The zero-order chi connectivity index (χ0) is 15.9. The summed E-state index contributed by atoms with van der Waals surface area (Å²) in [4.78, 5) is 11.9. The van der Waals surface area contributed by atoms with Crippen LogP contribution >= 0.6 is 15.9 Å². The van der Waals surface area contributed by atoms with Gasteiger partial charge >= 0.3 is 0 Å². The van der Waals surface area contributed by atoms with Crippen molar-refractivity contribution in [2.45, 2.75) is 19.9 Å². The van der Waals surface area contributed by atoms with Crippen molar-refractivity contribution in [1.82, 2.24) is 5.32 Å². The number of benzene rings is 2. The summed E-state index contributed by atoms with van der Waals surface area (Å²) in [6, 6.07) is 12.1. The van der Waals surface area contributed by atoms with Crippen molar-refractivity contribution in [3.05, 3.63) is 63.9 Å². The average molecular weight is 365 g/mol. The van der Waals surface area contributed by atoms with Gasteiger partial charge < -0.3 is 10.6 Å². The van der Waals surface area contributed by atoms with E-state index in [0.717, 1.165) is 21.3 Å². The number of aryl methyl sites for hydroxylation is 1. The molecule has 116 valence electrons. The van der Waals surface area contributed by atoms with E-state index in [1.54, 1.807) is 12.1 Å². The standard InChI is InChI=1S/C17H18BrFN2O/c1-12-2-7-16(15(18)10-12)21-17(22)8-9-20-11-13-3-5-14(19)6-4-13/h2-7,10,20H,8-9,11H2,1H3,(H,21,22). The molecule has 0 atom stereocenters. The normalized spacial score (nSPS) is 10.5. The Morgan fingerprint density at radius 2 is 1.91 bits per heavy atom. The van der Waals surface area contributed by atoms with Gasteiger partial charge in [0, 0.05) is 24.0 Å². The fourth-order valence-corrected chi connectivity index (χ4v) is 2.56. The molecule has 0 fully saturated rings. The van der Waals surface area contributed by atoms with E-state index in [9.17, 15) is 9.18 Å². The molecule has 0 radical (unpaired) electrons. The molecule has 0 saturated heterocycles. The lowest BCUT2D eigenvalue weighted by Gasteiger charge is -2.09. The molecule has 2 N–H and O–H groups in total. The highest BCUT2D eigenvalue weighted by atomic mass is 79.9. The Hall–Kier alpha value is -1.72. The van der Waals surface area contributed by atoms with Crippen molar-refractivity contribution in [3.8, 4) is 0 Å². The zero-order valence-electron chi connectivity index (χ0n) is 12.3. The van der Waals surface area contributed by atoms with Crippen LogP contribution in [0.25, 0.3) is 0 Å². The lowest BCUT2D eigenvalue weighted by Crippen LogP contribution is -2.21. The van der Waals surface area contributed by atoms with Gasteiger partial charge in [0.15, 0.2) is 0 Å². The summed E-state index contributed by atoms with van der Waals surface area (Å²) in [6.45, 7) is 3.17. The Balaban J connectivity index is 1.72. The predicted octanol–water partition coefficient (Wildman–Crippen LogP) is 4.02. The number of rotatable bonds is 6. The largest absolute Gasteiger partial charge is 0.325 e. The molecule has 0 unspecified atom stereocenters. The van der Waals surface area contributed by atoms with Crippen LogP contribution in [0.15, 0.2) is 46.9 Å². The summed E-state index contributed by atoms with van der Waals surface area (Å²) in [5, 5.41) is 6.03. The molecule has 2 aromatic carbocycles. The van der Waals surface area contributed by atoms with Crippen molar-refractivity contribution >= 4 is 27.5 Å². The van der Waals surface area contributed by atoms with E-state index in [-0.39, 0.29) is 11.7 Å². The van der Waals surface area contributed by atoms with E-state index in [1.165, 1.54) is 12.1 Å². The maximum atomic E-state index is 12.8. The second kappa shape index (κ2) is 8.06. The van der Waals surface area contributed by atoms with Crippen molar-refractivity contribution in [2.24, 2.45) is 0 Å². The molecule has 5 heteroatoms. The van der Waals surface area contributed by atoms with Crippen LogP contribution in [0.5, 0.6) is 0 Å². The molecule has 0 aromatic heterocycles. The van der Waals surface area contributed by atoms with Crippen LogP contribution in [0.2, 0.25) is 0 Å². The first-order valence-electron chi connectivity index (χ1n) is 7.06. The van der Waals surface area contributed by atoms with Crippen LogP contribution in [-0.2, 0) is 11.3 Å². The van der Waals surface area contributed by atoms with E-state index in [0.29, 0.717) is 19.5 Å². The highest BCUT2D eigenvalue weighted by molar-refractivity contribution is 9.10. The van der Waals surface area contributed by atoms with Crippen molar-refractivity contribution in [2.75, 3.05) is 11.9 Å². The molecule has 1 amide bonds. The van der Waals surface area contributed by atoms with Crippen molar-refractivity contribution in [3.63, 3.8) is 0 Å². The van der Waals surface area contributed by atoms with E-state index in [2.05, 4.69) is 26.6 Å². The number of hydrogen-bond donors (Lipinski definition) is 2. The van der Waals surface area contributed by atoms with Gasteiger partial charge in [-0.3, -0.25) is 4.79 Å². The summed E-state index contributed by atoms with van der Waals surface area (Å²) >= 11 is 3.43. The van der Waals surface area contributed by atoms with Crippen LogP contribution in [-0.4, -0.2) is 12.5 Å². The summed E-state index contributed by atoms with van der Waals surface area (Å²) in [5.74, 6) is -0.289. The van der Waals surface area contributed by atoms with E-state index < -0.39 is 0 Å². The molecule has 0 saturated carbocycles. The number of carbonyl (C=O) groups is 1. The second-order valence-electron chi connectivity index (χ2n) is 5.08. The molecular weight excluding hydrogens is 347 g/mol. The number of hydrogen-bond acceptors (Lipinski definition) is 2. The SMILES string of the molecule is Cc1ccc(NC(=O)CCNCc2ccc(F)cc2)c(Br)c1. The van der Waals surface area contributed by atoms with E-state index in [1.807, 2.05) is 25.1 Å². The lowest BCUT2D eigenvalue weighted by atomic mass is 10.2. The number of halogens is 2. The van der Waals surface area contributed by atoms with Gasteiger partial charge in [-0.2, -0.15) is 0 Å². The molecule has 2 aromatic rings. The minimum absolute atomic E-state index is 0.0452. The fourth-order valence-electron chi connectivity index (χ4n) is 1.97. The first kappa shape index (κ1) is 16.6. The molecular formula is C17H18BrFN2O. The van der Waals surface area contributed by atoms with Gasteiger partial charge in [-0.15, -0.1) is 0 Å². The number of anilines is 1. The van der Waals surface area contributed by atoms with Gasteiger partial charge in [0.25, 0.3) is 0 Å². The third kappa shape index (κ3) is 5.24. The molecule has 0 aliphatic carbocycles. The monoisotopic (exact) mass is 364 g/mol. The maximum Gasteiger partial charge on any atom is 0.225 e. The highest BCUT2D eigenvalue weighted by Gasteiger charge is 2.05. The molecule has 22 heavy (non-hydrogen) atoms. The molecule has 0 aliphatic rings. The predicted molar refractivity (Wildman–Crippen MR) is 90.2 cm³/mol. The zero-order valence-corrected chi connectivity index (χ0v) is 13.9. The van der Waals surface area contributed by atoms with Crippen LogP contribution in [0, 0.1) is 12.7 Å². The third-order valence-electron chi connectivity index (χ3n) is 3.17. The van der Waals surface area contributed by atoms with E-state index in [4.69, 9.17) is 0 Å². The first-order valence-corrected chi connectivity index (χ1v) is 7.85. The summed E-state index contributed by atoms with van der Waals surface area (Å²) in [5.41, 5.74) is 2.89. The maximum absolute atomic E-state index is 12.8. The van der Waals surface area contributed by atoms with Crippen LogP contribution in [0.4, 0.5) is 10.1 Å². The quantitative estimate of drug-likeness (QED) is 0.760. The number of carbonyl (C=O) groups excluding carboxylic acids is 1. The summed E-state index contributed by atoms with van der Waals surface area (Å²) < 4.78 is 13.6. The van der Waals surface area contributed by atoms with Gasteiger partial charge in [-0.05, 0) is 58.2 Å². The molecule has 0 aliphatic heterocycles. The Labute approximate surface area is 138 Å². The topological polar surface area (TPSA) is 41.1 Å². The highest BCUT2D eigenvalue weighted by Crippen LogP contribution is 2.23. The van der Waals surface area contributed by atoms with Gasteiger partial charge in [0.05, 0.1) is 5.69 Å². The van der Waals surface area contributed by atoms with Gasteiger partial charge in [0.1, 0.15) is 5.82 Å². The van der Waals surface area contributed by atoms with Crippen molar-refractivity contribution in [1.29, 1.82) is 0 Å². The minimum atomic E-state index is -0.244. The smallest absolute Gasteiger partial charge is 0.225 e. The average Bonchev–Trinajstić information content (AvgIpc) is 2.48. The minimum Gasteiger partial charge on any atom is -0.325 e. The molecule has 0 heterocycles. The summed E-state index contributed by atoms with van der Waals surface area (Å²) in [7, 11) is 0. The van der Waals surface area contributed by atoms with Gasteiger partial charge in [-0.1, -0.05) is 18.2 Å². The Kier molecular flexibility index (Phi) is 6.10. The Morgan fingerprint density at radius 3 is 2.59 bits per heavy atom. The lowest BCUT2D eigenvalue weighted by molar-refractivity contribution is -0.116. The van der Waals surface area contributed by atoms with Crippen molar-refractivity contribution < 1.29 is 9.18 Å². The molecule has 2 rings (SSSR count). The van der Waals surface area contributed by atoms with Gasteiger partial charge in [-0.25, -0.2) is 4.39 Å².